The SMILES string of the molecule is COc1ccc(N)cc1.COc1cccc(N)c1.COc1ccccc1N.Oc1cccc(O)c1. The van der Waals surface area contributed by atoms with Gasteiger partial charge in [0.15, 0.2) is 0 Å². The van der Waals surface area contributed by atoms with Gasteiger partial charge in [0.2, 0.25) is 0 Å². The second-order valence-corrected chi connectivity index (χ2v) is 6.81. The number of phenolic OH excluding ortho intramolecular Hbond substituents is 2. The minimum Gasteiger partial charge on any atom is -0.508 e. The molecule has 0 spiro atoms. The van der Waals surface area contributed by atoms with Crippen molar-refractivity contribution in [3.8, 4) is 28.7 Å². The molecule has 0 unspecified atom stereocenters. The third-order valence-electron chi connectivity index (χ3n) is 4.18. The number of aromatic hydroxyl groups is 2. The Balaban J connectivity index is 0.000000234. The molecule has 8 heteroatoms. The number of nitrogen functional groups attached to an aromatic ring is 3. The largest absolute Gasteiger partial charge is 0.508 e. The molecule has 0 aliphatic heterocycles. The molecule has 0 bridgehead atoms. The number of nitrogens with two attached hydrogens (primary N) is 3. The summed E-state index contributed by atoms with van der Waals surface area (Å²) in [5.74, 6) is 2.55. The Hall–Kier alpha value is -4.72. The fourth-order valence-corrected chi connectivity index (χ4v) is 2.40. The van der Waals surface area contributed by atoms with Crippen molar-refractivity contribution in [1.82, 2.24) is 0 Å². The summed E-state index contributed by atoms with van der Waals surface area (Å²) in [5.41, 5.74) is 18.6. The minimum absolute atomic E-state index is 0.0880. The molecule has 8 nitrogen and oxygen atoms in total. The summed E-state index contributed by atoms with van der Waals surface area (Å²) >= 11 is 0. The Kier molecular flexibility index (Phi) is 12.9. The van der Waals surface area contributed by atoms with Crippen molar-refractivity contribution < 1.29 is 24.4 Å². The molecule has 0 radical (unpaired) electrons. The van der Waals surface area contributed by atoms with Crippen molar-refractivity contribution in [2.24, 2.45) is 0 Å². The third-order valence-corrected chi connectivity index (χ3v) is 4.18. The van der Waals surface area contributed by atoms with Crippen LogP contribution in [0.3, 0.4) is 0 Å². The molecule has 0 fully saturated rings. The van der Waals surface area contributed by atoms with Gasteiger partial charge in [0, 0.05) is 23.5 Å². The highest BCUT2D eigenvalue weighted by Gasteiger charge is 1.92. The first-order valence-corrected chi connectivity index (χ1v) is 10.4. The van der Waals surface area contributed by atoms with Gasteiger partial charge >= 0.3 is 0 Å². The summed E-state index contributed by atoms with van der Waals surface area (Å²) in [7, 11) is 4.85. The van der Waals surface area contributed by atoms with Crippen LogP contribution in [0.2, 0.25) is 0 Å². The first kappa shape index (κ1) is 28.3. The molecule has 0 aromatic heterocycles. The Morgan fingerprint density at radius 3 is 1.49 bits per heavy atom. The van der Waals surface area contributed by atoms with Crippen molar-refractivity contribution in [3.05, 3.63) is 97.1 Å². The predicted octanol–water partition coefficient (Wildman–Crippen LogP) is 4.93. The summed E-state index contributed by atoms with van der Waals surface area (Å²) in [5, 5.41) is 17.3. The van der Waals surface area contributed by atoms with Crippen molar-refractivity contribution in [1.29, 1.82) is 0 Å². The maximum atomic E-state index is 8.65. The van der Waals surface area contributed by atoms with E-state index in [1.165, 1.54) is 18.2 Å². The minimum atomic E-state index is 0.0880. The quantitative estimate of drug-likeness (QED) is 0.260. The van der Waals surface area contributed by atoms with E-state index in [-0.39, 0.29) is 11.5 Å². The van der Waals surface area contributed by atoms with E-state index in [0.29, 0.717) is 5.69 Å². The molecule has 0 saturated heterocycles. The van der Waals surface area contributed by atoms with E-state index in [1.54, 1.807) is 51.7 Å². The van der Waals surface area contributed by atoms with Crippen LogP contribution >= 0.6 is 0 Å². The number of methoxy groups -OCH3 is 3. The van der Waals surface area contributed by atoms with E-state index in [0.717, 1.165) is 28.6 Å². The number of hydrogen-bond donors (Lipinski definition) is 5. The lowest BCUT2D eigenvalue weighted by atomic mass is 10.3. The molecule has 0 atom stereocenters. The van der Waals surface area contributed by atoms with Crippen LogP contribution in [-0.4, -0.2) is 31.5 Å². The zero-order valence-corrected chi connectivity index (χ0v) is 20.1. The number of hydrogen-bond acceptors (Lipinski definition) is 8. The molecule has 0 aliphatic rings. The molecular formula is C27H33N3O5. The number of phenols is 2. The second-order valence-electron chi connectivity index (χ2n) is 6.81. The highest BCUT2D eigenvalue weighted by Crippen LogP contribution is 2.18. The van der Waals surface area contributed by atoms with Gasteiger partial charge in [-0.3, -0.25) is 0 Å². The van der Waals surface area contributed by atoms with Crippen LogP contribution in [0.15, 0.2) is 97.1 Å². The molecule has 4 aromatic rings. The molecule has 0 aliphatic carbocycles. The summed E-state index contributed by atoms with van der Waals surface area (Å²) in [6.45, 7) is 0. The average Bonchev–Trinajstić information content (AvgIpc) is 2.86. The van der Waals surface area contributed by atoms with Gasteiger partial charge in [-0.2, -0.15) is 0 Å². The molecule has 4 aromatic carbocycles. The van der Waals surface area contributed by atoms with Crippen LogP contribution in [0, 0.1) is 0 Å². The van der Waals surface area contributed by atoms with E-state index in [4.69, 9.17) is 41.6 Å². The summed E-state index contributed by atoms with van der Waals surface area (Å²) in [6, 6.07) is 27.8. The van der Waals surface area contributed by atoms with E-state index in [2.05, 4.69) is 0 Å². The molecule has 4 rings (SSSR count). The summed E-state index contributed by atoms with van der Waals surface area (Å²) in [6.07, 6.45) is 0. The van der Waals surface area contributed by atoms with Crippen LogP contribution in [0.4, 0.5) is 17.1 Å². The maximum Gasteiger partial charge on any atom is 0.141 e. The molecule has 186 valence electrons. The van der Waals surface area contributed by atoms with Gasteiger partial charge in [0.25, 0.3) is 0 Å². The highest BCUT2D eigenvalue weighted by atomic mass is 16.5. The average molecular weight is 480 g/mol. The Morgan fingerprint density at radius 2 is 1.09 bits per heavy atom. The van der Waals surface area contributed by atoms with Gasteiger partial charge < -0.3 is 41.6 Å². The molecule has 0 saturated carbocycles. The molecule has 35 heavy (non-hydrogen) atoms. The van der Waals surface area contributed by atoms with Crippen molar-refractivity contribution in [2.45, 2.75) is 0 Å². The molecular weight excluding hydrogens is 446 g/mol. The predicted molar refractivity (Wildman–Crippen MR) is 142 cm³/mol. The standard InChI is InChI=1S/3C7H9NO.C6H6O2/c1-9-7-4-2-6(8)3-5-7;1-9-7-4-2-3-6(8)5-7;1-9-7-5-3-2-4-6(7)8;7-5-2-1-3-6(8)4-5/h3*2-5H,8H2,1H3;1-4,7-8H. The zero-order valence-electron chi connectivity index (χ0n) is 20.1. The normalized spacial score (nSPS) is 9.00. The lowest BCUT2D eigenvalue weighted by Gasteiger charge is -2.00. The lowest BCUT2D eigenvalue weighted by molar-refractivity contribution is 0.415. The van der Waals surface area contributed by atoms with Crippen molar-refractivity contribution in [3.63, 3.8) is 0 Å². The second kappa shape index (κ2) is 16.0. The molecule has 0 heterocycles. The first-order valence-electron chi connectivity index (χ1n) is 10.4. The Labute approximate surface area is 206 Å². The van der Waals surface area contributed by atoms with Gasteiger partial charge in [-0.1, -0.05) is 24.3 Å². The van der Waals surface area contributed by atoms with Crippen molar-refractivity contribution in [2.75, 3.05) is 38.5 Å². The fraction of sp³-hybridized carbons (Fsp3) is 0.111. The van der Waals surface area contributed by atoms with Crippen LogP contribution in [-0.2, 0) is 0 Å². The van der Waals surface area contributed by atoms with Gasteiger partial charge in [-0.15, -0.1) is 0 Å². The number of anilines is 3. The summed E-state index contributed by atoms with van der Waals surface area (Å²) in [4.78, 5) is 0. The third kappa shape index (κ3) is 12.2. The van der Waals surface area contributed by atoms with Gasteiger partial charge in [0.05, 0.1) is 27.0 Å². The first-order chi connectivity index (χ1) is 16.8. The van der Waals surface area contributed by atoms with E-state index < -0.39 is 0 Å². The zero-order chi connectivity index (χ0) is 26.1. The van der Waals surface area contributed by atoms with E-state index in [1.807, 2.05) is 48.5 Å². The Morgan fingerprint density at radius 1 is 0.514 bits per heavy atom. The number of rotatable bonds is 3. The highest BCUT2D eigenvalue weighted by molar-refractivity contribution is 5.51. The number of para-hydroxylation sites is 2. The number of benzene rings is 4. The van der Waals surface area contributed by atoms with Gasteiger partial charge in [0.1, 0.15) is 28.7 Å². The molecule has 8 N–H and O–H groups in total. The van der Waals surface area contributed by atoms with Crippen LogP contribution in [0.25, 0.3) is 0 Å². The fourth-order valence-electron chi connectivity index (χ4n) is 2.40. The maximum absolute atomic E-state index is 8.65. The van der Waals surface area contributed by atoms with Gasteiger partial charge in [-0.25, -0.2) is 0 Å². The molecule has 0 amide bonds. The van der Waals surface area contributed by atoms with Gasteiger partial charge in [-0.05, 0) is 60.7 Å². The summed E-state index contributed by atoms with van der Waals surface area (Å²) < 4.78 is 14.7. The van der Waals surface area contributed by atoms with Crippen LogP contribution in [0.5, 0.6) is 28.7 Å². The monoisotopic (exact) mass is 479 g/mol. The van der Waals surface area contributed by atoms with Crippen LogP contribution in [0.1, 0.15) is 0 Å². The van der Waals surface area contributed by atoms with E-state index >= 15 is 0 Å². The lowest BCUT2D eigenvalue weighted by Crippen LogP contribution is -1.89. The van der Waals surface area contributed by atoms with Crippen LogP contribution < -0.4 is 31.4 Å². The number of ether oxygens (including phenoxy) is 3. The van der Waals surface area contributed by atoms with Crippen molar-refractivity contribution >= 4 is 17.1 Å². The Bertz CT molecular complexity index is 1100. The smallest absolute Gasteiger partial charge is 0.141 e. The van der Waals surface area contributed by atoms with E-state index in [9.17, 15) is 0 Å². The topological polar surface area (TPSA) is 146 Å².